The zero-order valence-electron chi connectivity index (χ0n) is 13.3. The molecule has 0 atom stereocenters. The first-order valence-corrected chi connectivity index (χ1v) is 9.00. The topological polar surface area (TPSA) is 46.6 Å². The highest BCUT2D eigenvalue weighted by Crippen LogP contribution is 2.35. The first-order chi connectivity index (χ1) is 11.2. The van der Waals surface area contributed by atoms with Crippen molar-refractivity contribution in [3.8, 4) is 5.75 Å². The molecular weight excluding hydrogens is 343 g/mol. The molecule has 0 unspecified atom stereocenters. The fourth-order valence-corrected chi connectivity index (χ4v) is 3.45. The molecule has 24 heavy (non-hydrogen) atoms. The molecule has 0 bridgehead atoms. The number of rotatable bonds is 5. The van der Waals surface area contributed by atoms with Crippen LogP contribution < -0.4 is 4.18 Å². The van der Waals surface area contributed by atoms with Gasteiger partial charge in [0.2, 0.25) is 0 Å². The Morgan fingerprint density at radius 1 is 1.33 bits per heavy atom. The lowest BCUT2D eigenvalue weighted by atomic mass is 9.86. The van der Waals surface area contributed by atoms with Crippen LogP contribution in [0.3, 0.4) is 0 Å². The van der Waals surface area contributed by atoms with Gasteiger partial charge in [0.05, 0.1) is 0 Å². The van der Waals surface area contributed by atoms with E-state index in [9.17, 15) is 21.6 Å². The van der Waals surface area contributed by atoms with E-state index >= 15 is 0 Å². The molecule has 1 saturated heterocycles. The van der Waals surface area contributed by atoms with Gasteiger partial charge in [-0.05, 0) is 56.0 Å². The maximum absolute atomic E-state index is 12.5. The van der Waals surface area contributed by atoms with Gasteiger partial charge in [0.1, 0.15) is 5.75 Å². The predicted molar refractivity (Wildman–Crippen MR) is 85.4 cm³/mol. The van der Waals surface area contributed by atoms with Crippen LogP contribution >= 0.6 is 0 Å². The van der Waals surface area contributed by atoms with Gasteiger partial charge in [0.25, 0.3) is 0 Å². The zero-order chi connectivity index (χ0) is 18.0. The first kappa shape index (κ1) is 18.8. The average molecular weight is 363 g/mol. The monoisotopic (exact) mass is 363 g/mol. The summed E-state index contributed by atoms with van der Waals surface area (Å²) < 4.78 is 64.2. The fraction of sp³-hybridized carbons (Fsp3) is 0.500. The Labute approximate surface area is 140 Å². The van der Waals surface area contributed by atoms with Gasteiger partial charge in [-0.15, -0.1) is 6.58 Å². The second kappa shape index (κ2) is 7.14. The predicted octanol–water partition coefficient (Wildman–Crippen LogP) is 3.59. The number of benzene rings is 1. The number of likely N-dealkylation sites (tertiary alicyclic amines) is 1. The second-order valence-electron chi connectivity index (χ2n) is 5.82. The van der Waals surface area contributed by atoms with Gasteiger partial charge in [-0.25, -0.2) is 0 Å². The van der Waals surface area contributed by atoms with Crippen LogP contribution in [0, 0.1) is 6.92 Å². The van der Waals surface area contributed by atoms with Crippen LogP contribution in [-0.4, -0.2) is 38.5 Å². The van der Waals surface area contributed by atoms with Crippen LogP contribution in [0.5, 0.6) is 5.75 Å². The van der Waals surface area contributed by atoms with E-state index in [4.69, 9.17) is 0 Å². The fourth-order valence-electron chi connectivity index (χ4n) is 2.94. The minimum absolute atomic E-state index is 0.170. The van der Waals surface area contributed by atoms with Crippen molar-refractivity contribution in [2.75, 3.05) is 19.6 Å². The number of hydrogen-bond acceptors (Lipinski definition) is 4. The molecule has 134 valence electrons. The molecule has 1 fully saturated rings. The van der Waals surface area contributed by atoms with Gasteiger partial charge in [-0.2, -0.15) is 21.6 Å². The third-order valence-corrected chi connectivity index (χ3v) is 5.19. The summed E-state index contributed by atoms with van der Waals surface area (Å²) in [5.41, 5.74) is -4.17. The molecule has 0 amide bonds. The molecule has 0 saturated carbocycles. The van der Waals surface area contributed by atoms with Crippen molar-refractivity contribution < 1.29 is 25.8 Å². The third kappa shape index (κ3) is 4.10. The first-order valence-electron chi connectivity index (χ1n) is 7.59. The van der Waals surface area contributed by atoms with Crippen LogP contribution in [0.1, 0.15) is 29.9 Å². The van der Waals surface area contributed by atoms with E-state index in [2.05, 4.69) is 15.7 Å². The van der Waals surface area contributed by atoms with Gasteiger partial charge in [0, 0.05) is 6.54 Å². The highest BCUT2D eigenvalue weighted by Gasteiger charge is 2.48. The summed E-state index contributed by atoms with van der Waals surface area (Å²) in [6.07, 6.45) is 3.54. The maximum atomic E-state index is 12.5. The highest BCUT2D eigenvalue weighted by atomic mass is 32.2. The van der Waals surface area contributed by atoms with E-state index in [0.717, 1.165) is 38.0 Å². The van der Waals surface area contributed by atoms with Crippen LogP contribution in [0.25, 0.3) is 0 Å². The van der Waals surface area contributed by atoms with E-state index in [1.807, 2.05) is 12.1 Å². The van der Waals surface area contributed by atoms with Crippen molar-refractivity contribution in [1.29, 1.82) is 0 Å². The summed E-state index contributed by atoms with van der Waals surface area (Å²) in [4.78, 5) is 2.24. The Morgan fingerprint density at radius 3 is 2.50 bits per heavy atom. The van der Waals surface area contributed by atoms with Crippen LogP contribution in [0.2, 0.25) is 0 Å². The smallest absolute Gasteiger partial charge is 0.376 e. The van der Waals surface area contributed by atoms with E-state index in [-0.39, 0.29) is 11.7 Å². The molecular formula is C16H20F3NO3S. The minimum atomic E-state index is -5.66. The van der Waals surface area contributed by atoms with Gasteiger partial charge in [0.15, 0.2) is 0 Å². The molecule has 1 aromatic carbocycles. The average Bonchev–Trinajstić information content (AvgIpc) is 2.49. The van der Waals surface area contributed by atoms with E-state index in [1.165, 1.54) is 12.1 Å². The molecule has 1 aliphatic heterocycles. The number of nitrogens with zero attached hydrogens (tertiary/aromatic N) is 1. The summed E-state index contributed by atoms with van der Waals surface area (Å²) in [5.74, 6) is -0.0958. The van der Waals surface area contributed by atoms with Crippen LogP contribution in [0.4, 0.5) is 13.2 Å². The largest absolute Gasteiger partial charge is 0.534 e. The van der Waals surface area contributed by atoms with Crippen molar-refractivity contribution in [2.45, 2.75) is 31.2 Å². The molecule has 0 aliphatic carbocycles. The molecule has 8 heteroatoms. The molecule has 1 aromatic rings. The SMILES string of the molecule is C=CCN1CCC(c2cccc(OS(=O)(=O)C(F)(F)F)c2C)CC1. The van der Waals surface area contributed by atoms with E-state index in [1.54, 1.807) is 6.92 Å². The van der Waals surface area contributed by atoms with Crippen LogP contribution in [-0.2, 0) is 10.1 Å². The number of halogens is 3. The van der Waals surface area contributed by atoms with Gasteiger partial charge >= 0.3 is 15.6 Å². The van der Waals surface area contributed by atoms with Crippen LogP contribution in [0.15, 0.2) is 30.9 Å². The van der Waals surface area contributed by atoms with Crippen molar-refractivity contribution in [3.63, 3.8) is 0 Å². The highest BCUT2D eigenvalue weighted by molar-refractivity contribution is 7.88. The van der Waals surface area contributed by atoms with Gasteiger partial charge < -0.3 is 4.18 Å². The summed E-state index contributed by atoms with van der Waals surface area (Å²) >= 11 is 0. The Hall–Kier alpha value is -1.54. The number of piperidine rings is 1. The summed E-state index contributed by atoms with van der Waals surface area (Å²) in [5, 5.41) is 0. The lowest BCUT2D eigenvalue weighted by molar-refractivity contribution is -0.0500. The lowest BCUT2D eigenvalue weighted by Gasteiger charge is -2.32. The molecule has 0 spiro atoms. The Balaban J connectivity index is 2.19. The molecule has 2 rings (SSSR count). The molecule has 1 aliphatic rings. The van der Waals surface area contributed by atoms with Crippen molar-refractivity contribution >= 4 is 10.1 Å². The van der Waals surface area contributed by atoms with Gasteiger partial charge in [-0.1, -0.05) is 18.2 Å². The molecule has 0 aromatic heterocycles. The second-order valence-corrected chi connectivity index (χ2v) is 7.35. The lowest BCUT2D eigenvalue weighted by Crippen LogP contribution is -2.33. The quantitative estimate of drug-likeness (QED) is 0.456. The molecule has 1 heterocycles. The maximum Gasteiger partial charge on any atom is 0.534 e. The normalized spacial score (nSPS) is 17.7. The third-order valence-electron chi connectivity index (χ3n) is 4.22. The summed E-state index contributed by atoms with van der Waals surface area (Å²) in [6.45, 7) is 7.83. The number of alkyl halides is 3. The summed E-state index contributed by atoms with van der Waals surface area (Å²) in [7, 11) is -5.66. The molecule has 4 nitrogen and oxygen atoms in total. The van der Waals surface area contributed by atoms with E-state index < -0.39 is 15.6 Å². The molecule has 0 N–H and O–H groups in total. The zero-order valence-corrected chi connectivity index (χ0v) is 14.2. The Kier molecular flexibility index (Phi) is 5.59. The van der Waals surface area contributed by atoms with Crippen molar-refractivity contribution in [2.24, 2.45) is 0 Å². The number of hydrogen-bond donors (Lipinski definition) is 0. The molecule has 0 radical (unpaired) electrons. The minimum Gasteiger partial charge on any atom is -0.376 e. The van der Waals surface area contributed by atoms with E-state index in [0.29, 0.717) is 5.56 Å². The summed E-state index contributed by atoms with van der Waals surface area (Å²) in [6, 6.07) is 4.59. The van der Waals surface area contributed by atoms with Crippen molar-refractivity contribution in [3.05, 3.63) is 42.0 Å². The van der Waals surface area contributed by atoms with Crippen molar-refractivity contribution in [1.82, 2.24) is 4.90 Å². The Bertz CT molecular complexity index is 693. The Morgan fingerprint density at radius 2 is 1.96 bits per heavy atom. The standard InChI is InChI=1S/C16H20F3NO3S/c1-3-9-20-10-7-13(8-11-20)14-5-4-6-15(12(14)2)23-24(21,22)16(17,18)19/h3-6,13H,1,7-11H2,2H3. The van der Waals surface area contributed by atoms with Gasteiger partial charge in [-0.3, -0.25) is 4.90 Å².